The number of hydrogen-bond acceptors (Lipinski definition) is 5. The Morgan fingerprint density at radius 1 is 0.763 bits per heavy atom. The van der Waals surface area contributed by atoms with Crippen LogP contribution < -0.4 is 10.6 Å². The number of carbonyl (C=O) groups excluding carboxylic acids is 2. The molecule has 0 fully saturated rings. The van der Waals surface area contributed by atoms with Crippen LogP contribution in [0.3, 0.4) is 0 Å². The summed E-state index contributed by atoms with van der Waals surface area (Å²) in [6, 6.07) is 29.9. The maximum Gasteiger partial charge on any atom is 0.272 e. The van der Waals surface area contributed by atoms with Gasteiger partial charge in [0.1, 0.15) is 11.8 Å². The van der Waals surface area contributed by atoms with Crippen molar-refractivity contribution in [3.8, 4) is 5.75 Å². The molecule has 0 saturated heterocycles. The standard InChI is InChI=1S/C30H27N3O5/c34-25-17-15-21(16-18-25)20-31-29(35)26(19-24-13-7-8-14-27(24)33(37)38)32-30(36)28(22-9-3-1-4-10-22)23-11-5-2-6-12-23/h1-18,26,28,34H,19-20H2,(H,31,35)(H,32,36). The van der Waals surface area contributed by atoms with Crippen molar-refractivity contribution in [2.24, 2.45) is 0 Å². The van der Waals surface area contributed by atoms with Crippen molar-refractivity contribution < 1.29 is 19.6 Å². The molecule has 0 bridgehead atoms. The topological polar surface area (TPSA) is 122 Å². The number of nitro groups is 1. The Morgan fingerprint density at radius 3 is 1.89 bits per heavy atom. The first-order valence-corrected chi connectivity index (χ1v) is 12.1. The summed E-state index contributed by atoms with van der Waals surface area (Å²) >= 11 is 0. The van der Waals surface area contributed by atoms with E-state index in [0.717, 1.165) is 16.7 Å². The highest BCUT2D eigenvalue weighted by molar-refractivity contribution is 5.92. The van der Waals surface area contributed by atoms with Gasteiger partial charge in [-0.15, -0.1) is 0 Å². The second kappa shape index (κ2) is 12.3. The van der Waals surface area contributed by atoms with Gasteiger partial charge in [-0.05, 0) is 28.8 Å². The monoisotopic (exact) mass is 509 g/mol. The van der Waals surface area contributed by atoms with E-state index in [9.17, 15) is 24.8 Å². The Balaban J connectivity index is 1.62. The number of amides is 2. The minimum Gasteiger partial charge on any atom is -0.508 e. The number of phenolic OH excluding ortho intramolecular Hbond substituents is 1. The summed E-state index contributed by atoms with van der Waals surface area (Å²) in [6.45, 7) is 0.156. The van der Waals surface area contributed by atoms with E-state index in [0.29, 0.717) is 5.56 Å². The largest absolute Gasteiger partial charge is 0.508 e. The van der Waals surface area contributed by atoms with Gasteiger partial charge in [0.05, 0.1) is 10.8 Å². The predicted molar refractivity (Wildman–Crippen MR) is 143 cm³/mol. The van der Waals surface area contributed by atoms with Gasteiger partial charge in [0, 0.05) is 24.6 Å². The molecule has 1 unspecified atom stereocenters. The summed E-state index contributed by atoms with van der Waals surface area (Å²) in [5.41, 5.74) is 2.47. The molecule has 38 heavy (non-hydrogen) atoms. The number of nitro benzene ring substituents is 1. The van der Waals surface area contributed by atoms with E-state index in [1.807, 2.05) is 60.7 Å². The molecule has 0 aromatic heterocycles. The van der Waals surface area contributed by atoms with Crippen LogP contribution >= 0.6 is 0 Å². The first-order chi connectivity index (χ1) is 18.4. The summed E-state index contributed by atoms with van der Waals surface area (Å²) in [7, 11) is 0. The summed E-state index contributed by atoms with van der Waals surface area (Å²) < 4.78 is 0. The van der Waals surface area contributed by atoms with Crippen LogP contribution in [0.4, 0.5) is 5.69 Å². The summed E-state index contributed by atoms with van der Waals surface area (Å²) in [4.78, 5) is 38.2. The molecular weight excluding hydrogens is 482 g/mol. The highest BCUT2D eigenvalue weighted by Gasteiger charge is 2.29. The lowest BCUT2D eigenvalue weighted by molar-refractivity contribution is -0.385. The lowest BCUT2D eigenvalue weighted by Gasteiger charge is -2.23. The van der Waals surface area contributed by atoms with E-state index in [1.165, 1.54) is 18.2 Å². The van der Waals surface area contributed by atoms with E-state index < -0.39 is 28.7 Å². The van der Waals surface area contributed by atoms with Crippen LogP contribution in [-0.4, -0.2) is 27.9 Å². The average Bonchev–Trinajstić information content (AvgIpc) is 2.93. The number of hydrogen-bond donors (Lipinski definition) is 3. The number of nitrogens with one attached hydrogen (secondary N) is 2. The maximum absolute atomic E-state index is 13.7. The lowest BCUT2D eigenvalue weighted by Crippen LogP contribution is -2.49. The Morgan fingerprint density at radius 2 is 1.32 bits per heavy atom. The molecule has 1 atom stereocenters. The van der Waals surface area contributed by atoms with Gasteiger partial charge < -0.3 is 15.7 Å². The maximum atomic E-state index is 13.7. The van der Waals surface area contributed by atoms with E-state index >= 15 is 0 Å². The van der Waals surface area contributed by atoms with Crippen LogP contribution in [0.25, 0.3) is 0 Å². The summed E-state index contributed by atoms with van der Waals surface area (Å²) in [5, 5.41) is 26.8. The Kier molecular flexibility index (Phi) is 8.46. The van der Waals surface area contributed by atoms with Gasteiger partial charge in [-0.1, -0.05) is 91.0 Å². The van der Waals surface area contributed by atoms with Gasteiger partial charge in [0.25, 0.3) is 5.69 Å². The normalized spacial score (nSPS) is 11.5. The van der Waals surface area contributed by atoms with Crippen molar-refractivity contribution in [1.29, 1.82) is 0 Å². The number of nitrogens with zero attached hydrogens (tertiary/aromatic N) is 1. The Labute approximate surface area is 220 Å². The van der Waals surface area contributed by atoms with Crippen LogP contribution in [0.15, 0.2) is 109 Å². The van der Waals surface area contributed by atoms with Gasteiger partial charge in [0.2, 0.25) is 11.8 Å². The number of aromatic hydroxyl groups is 1. The van der Waals surface area contributed by atoms with Crippen molar-refractivity contribution in [2.45, 2.75) is 24.9 Å². The molecule has 192 valence electrons. The minimum atomic E-state index is -1.07. The highest BCUT2D eigenvalue weighted by atomic mass is 16.6. The van der Waals surface area contributed by atoms with E-state index in [-0.39, 0.29) is 24.4 Å². The zero-order valence-electron chi connectivity index (χ0n) is 20.5. The molecular formula is C30H27N3O5. The molecule has 3 N–H and O–H groups in total. The molecule has 0 heterocycles. The molecule has 8 nitrogen and oxygen atoms in total. The molecule has 4 rings (SSSR count). The van der Waals surface area contributed by atoms with Crippen molar-refractivity contribution in [2.75, 3.05) is 0 Å². The fourth-order valence-corrected chi connectivity index (χ4v) is 4.26. The molecule has 8 heteroatoms. The van der Waals surface area contributed by atoms with Gasteiger partial charge in [-0.25, -0.2) is 0 Å². The quantitative estimate of drug-likeness (QED) is 0.215. The lowest BCUT2D eigenvalue weighted by atomic mass is 9.90. The van der Waals surface area contributed by atoms with Crippen molar-refractivity contribution >= 4 is 17.5 Å². The number of carbonyl (C=O) groups is 2. The van der Waals surface area contributed by atoms with Crippen LogP contribution in [0.2, 0.25) is 0 Å². The molecule has 0 spiro atoms. The van der Waals surface area contributed by atoms with Crippen LogP contribution in [0.1, 0.15) is 28.2 Å². The van der Waals surface area contributed by atoms with Gasteiger partial charge in [0.15, 0.2) is 0 Å². The van der Waals surface area contributed by atoms with Gasteiger partial charge in [-0.3, -0.25) is 19.7 Å². The molecule has 4 aromatic carbocycles. The SMILES string of the molecule is O=C(NCc1ccc(O)cc1)C(Cc1ccccc1[N+](=O)[O-])NC(=O)C(c1ccccc1)c1ccccc1. The van der Waals surface area contributed by atoms with E-state index in [2.05, 4.69) is 10.6 Å². The number of para-hydroxylation sites is 1. The van der Waals surface area contributed by atoms with E-state index in [1.54, 1.807) is 30.3 Å². The molecule has 0 aliphatic carbocycles. The summed E-state index contributed by atoms with van der Waals surface area (Å²) in [5.74, 6) is -1.46. The molecule has 0 radical (unpaired) electrons. The number of phenols is 1. The third-order valence-corrected chi connectivity index (χ3v) is 6.18. The smallest absolute Gasteiger partial charge is 0.272 e. The molecule has 2 amide bonds. The van der Waals surface area contributed by atoms with Crippen LogP contribution in [0, 0.1) is 10.1 Å². The fourth-order valence-electron chi connectivity index (χ4n) is 4.26. The summed E-state index contributed by atoms with van der Waals surface area (Å²) in [6.07, 6.45) is -0.0688. The second-order valence-electron chi connectivity index (χ2n) is 8.79. The number of rotatable bonds is 10. The fraction of sp³-hybridized carbons (Fsp3) is 0.133. The number of benzene rings is 4. The second-order valence-corrected chi connectivity index (χ2v) is 8.79. The zero-order valence-corrected chi connectivity index (χ0v) is 20.5. The first kappa shape index (κ1) is 26.1. The third-order valence-electron chi connectivity index (χ3n) is 6.18. The molecule has 0 aliphatic heterocycles. The average molecular weight is 510 g/mol. The van der Waals surface area contributed by atoms with Gasteiger partial charge in [-0.2, -0.15) is 0 Å². The van der Waals surface area contributed by atoms with E-state index in [4.69, 9.17) is 0 Å². The van der Waals surface area contributed by atoms with Crippen molar-refractivity contribution in [3.05, 3.63) is 142 Å². The minimum absolute atomic E-state index is 0.0688. The predicted octanol–water partition coefficient (Wildman–Crippen LogP) is 4.48. The Hall–Kier alpha value is -4.98. The highest BCUT2D eigenvalue weighted by Crippen LogP contribution is 2.26. The van der Waals surface area contributed by atoms with Crippen LogP contribution in [0.5, 0.6) is 5.75 Å². The Bertz CT molecular complexity index is 1350. The molecule has 4 aromatic rings. The molecule has 0 saturated carbocycles. The first-order valence-electron chi connectivity index (χ1n) is 12.1. The van der Waals surface area contributed by atoms with Crippen LogP contribution in [-0.2, 0) is 22.6 Å². The third kappa shape index (κ3) is 6.61. The van der Waals surface area contributed by atoms with Gasteiger partial charge >= 0.3 is 0 Å². The zero-order chi connectivity index (χ0) is 26.9. The van der Waals surface area contributed by atoms with Crippen molar-refractivity contribution in [1.82, 2.24) is 10.6 Å². The molecule has 0 aliphatic rings. The van der Waals surface area contributed by atoms with Crippen molar-refractivity contribution in [3.63, 3.8) is 0 Å².